The van der Waals surface area contributed by atoms with Gasteiger partial charge in [0.15, 0.2) is 18.1 Å². The van der Waals surface area contributed by atoms with E-state index >= 15 is 0 Å². The Morgan fingerprint density at radius 1 is 1.03 bits per heavy atom. The summed E-state index contributed by atoms with van der Waals surface area (Å²) in [6.45, 7) is 5.31. The fraction of sp³-hybridized carbons (Fsp3) is 0.385. The van der Waals surface area contributed by atoms with E-state index in [4.69, 9.17) is 14.2 Å². The van der Waals surface area contributed by atoms with Crippen LogP contribution in [0, 0.1) is 5.92 Å². The van der Waals surface area contributed by atoms with Crippen LogP contribution in [-0.2, 0) is 19.1 Å². The molecule has 0 spiro atoms. The van der Waals surface area contributed by atoms with E-state index in [0.29, 0.717) is 11.5 Å². The van der Waals surface area contributed by atoms with Gasteiger partial charge in [-0.05, 0) is 43.2 Å². The quantitative estimate of drug-likeness (QED) is 0.242. The first-order chi connectivity index (χ1) is 17.9. The minimum Gasteiger partial charge on any atom is -0.493 e. The minimum atomic E-state index is -0.618. The summed E-state index contributed by atoms with van der Waals surface area (Å²) in [4.78, 5) is 41.1. The number of hydrogen-bond acceptors (Lipinski definition) is 9. The number of nitrogens with one attached hydrogen (secondary N) is 3. The molecule has 2 atom stereocenters. The summed E-state index contributed by atoms with van der Waals surface area (Å²) >= 11 is 1.57. The van der Waals surface area contributed by atoms with Gasteiger partial charge in [-0.25, -0.2) is 4.98 Å². The molecule has 2 aromatic carbocycles. The maximum Gasteiger partial charge on any atom is 0.323 e. The Morgan fingerprint density at radius 2 is 1.78 bits per heavy atom. The SMILES string of the molecule is CCOC(=O)[C@@H](NCC(=O)NNC(=O)COc1ccc(-c2nc3ccccc3s2)cc1OC)[C@@H](C)CC. The van der Waals surface area contributed by atoms with Crippen LogP contribution in [0.2, 0.25) is 0 Å². The Bertz CT molecular complexity index is 1200. The van der Waals surface area contributed by atoms with Crippen LogP contribution >= 0.6 is 11.3 Å². The molecule has 37 heavy (non-hydrogen) atoms. The third kappa shape index (κ3) is 7.64. The van der Waals surface area contributed by atoms with Crippen LogP contribution < -0.4 is 25.6 Å². The number of carbonyl (C=O) groups is 3. The Labute approximate surface area is 219 Å². The van der Waals surface area contributed by atoms with E-state index in [2.05, 4.69) is 21.2 Å². The smallest absolute Gasteiger partial charge is 0.323 e. The Hall–Kier alpha value is -3.70. The van der Waals surface area contributed by atoms with Crippen molar-refractivity contribution in [2.24, 2.45) is 5.92 Å². The summed E-state index contributed by atoms with van der Waals surface area (Å²) < 4.78 is 17.2. The largest absolute Gasteiger partial charge is 0.493 e. The first kappa shape index (κ1) is 27.9. The second-order valence-electron chi connectivity index (χ2n) is 8.23. The zero-order chi connectivity index (χ0) is 26.8. The molecule has 1 aromatic heterocycles. The fourth-order valence-corrected chi connectivity index (χ4v) is 4.43. The van der Waals surface area contributed by atoms with E-state index < -0.39 is 23.8 Å². The van der Waals surface area contributed by atoms with Crippen LogP contribution in [0.5, 0.6) is 11.5 Å². The number of aromatic nitrogens is 1. The molecule has 3 N–H and O–H groups in total. The number of rotatable bonds is 12. The van der Waals surface area contributed by atoms with Crippen LogP contribution in [0.25, 0.3) is 20.8 Å². The molecule has 0 aliphatic carbocycles. The third-order valence-electron chi connectivity index (χ3n) is 5.64. The fourth-order valence-electron chi connectivity index (χ4n) is 3.47. The molecule has 198 valence electrons. The first-order valence-electron chi connectivity index (χ1n) is 12.0. The van der Waals surface area contributed by atoms with Gasteiger partial charge in [0, 0.05) is 5.56 Å². The Kier molecular flexibility index (Phi) is 10.2. The summed E-state index contributed by atoms with van der Waals surface area (Å²) in [6, 6.07) is 12.6. The number of fused-ring (bicyclic) bond motifs is 1. The number of ether oxygens (including phenoxy) is 3. The number of carbonyl (C=O) groups excluding carboxylic acids is 3. The maximum atomic E-state index is 12.2. The molecule has 0 bridgehead atoms. The lowest BCUT2D eigenvalue weighted by Gasteiger charge is -2.22. The second kappa shape index (κ2) is 13.6. The van der Waals surface area contributed by atoms with Crippen molar-refractivity contribution in [2.45, 2.75) is 33.2 Å². The molecule has 3 rings (SSSR count). The number of methoxy groups -OCH3 is 1. The number of nitrogens with zero attached hydrogens (tertiary/aromatic N) is 1. The average molecular weight is 529 g/mol. The molecule has 0 saturated carbocycles. The van der Waals surface area contributed by atoms with E-state index in [1.54, 1.807) is 30.4 Å². The number of amides is 2. The van der Waals surface area contributed by atoms with Crippen molar-refractivity contribution < 1.29 is 28.6 Å². The van der Waals surface area contributed by atoms with Crippen molar-refractivity contribution in [3.63, 3.8) is 0 Å². The van der Waals surface area contributed by atoms with Gasteiger partial charge in [0.2, 0.25) is 0 Å². The van der Waals surface area contributed by atoms with Crippen molar-refractivity contribution in [1.82, 2.24) is 21.2 Å². The van der Waals surface area contributed by atoms with E-state index in [1.807, 2.05) is 44.2 Å². The van der Waals surface area contributed by atoms with Crippen LogP contribution in [0.15, 0.2) is 42.5 Å². The monoisotopic (exact) mass is 528 g/mol. The topological polar surface area (TPSA) is 128 Å². The number of benzene rings is 2. The van der Waals surface area contributed by atoms with E-state index in [0.717, 1.165) is 27.2 Å². The summed E-state index contributed by atoms with van der Waals surface area (Å²) in [6.07, 6.45) is 0.733. The van der Waals surface area contributed by atoms with E-state index in [-0.39, 0.29) is 25.7 Å². The van der Waals surface area contributed by atoms with Gasteiger partial charge in [0.1, 0.15) is 11.0 Å². The van der Waals surface area contributed by atoms with Crippen molar-refractivity contribution in [1.29, 1.82) is 0 Å². The number of hydrazine groups is 1. The molecule has 11 heteroatoms. The predicted molar refractivity (Wildman–Crippen MR) is 141 cm³/mol. The van der Waals surface area contributed by atoms with Gasteiger partial charge in [0.05, 0.1) is 30.5 Å². The van der Waals surface area contributed by atoms with Crippen molar-refractivity contribution in [2.75, 3.05) is 26.9 Å². The normalized spacial score (nSPS) is 12.4. The number of hydrogen-bond donors (Lipinski definition) is 3. The highest BCUT2D eigenvalue weighted by atomic mass is 32.1. The highest BCUT2D eigenvalue weighted by molar-refractivity contribution is 7.21. The molecule has 0 aliphatic rings. The molecule has 0 unspecified atom stereocenters. The lowest BCUT2D eigenvalue weighted by molar-refractivity contribution is -0.147. The molecule has 2 amide bonds. The molecule has 0 radical (unpaired) electrons. The number of thiazole rings is 1. The molecule has 1 heterocycles. The van der Waals surface area contributed by atoms with E-state index in [9.17, 15) is 14.4 Å². The lowest BCUT2D eigenvalue weighted by Crippen LogP contribution is -2.51. The summed E-state index contributed by atoms with van der Waals surface area (Å²) in [5, 5.41) is 3.73. The number of para-hydroxylation sites is 1. The minimum absolute atomic E-state index is 0.0223. The molecular weight excluding hydrogens is 496 g/mol. The average Bonchev–Trinajstić information content (AvgIpc) is 3.35. The second-order valence-corrected chi connectivity index (χ2v) is 9.26. The van der Waals surface area contributed by atoms with Gasteiger partial charge in [-0.1, -0.05) is 32.4 Å². The molecule has 3 aromatic rings. The standard InChI is InChI=1S/C26H32N4O6S/c1-5-16(3)24(26(33)35-6-2)27-14-22(31)29-30-23(32)15-36-19-12-11-17(13-20(19)34-4)25-28-18-9-7-8-10-21(18)37-25/h7-13,16,24,27H,5-6,14-15H2,1-4H3,(H,29,31)(H,30,32)/t16-,24-/m0/s1. The number of esters is 1. The summed E-state index contributed by atoms with van der Waals surface area (Å²) in [5.41, 5.74) is 6.39. The van der Waals surface area contributed by atoms with Crippen LogP contribution in [-0.4, -0.2) is 55.7 Å². The predicted octanol–water partition coefficient (Wildman–Crippen LogP) is 3.07. The third-order valence-corrected chi connectivity index (χ3v) is 6.73. The van der Waals surface area contributed by atoms with Crippen molar-refractivity contribution in [3.05, 3.63) is 42.5 Å². The zero-order valence-corrected chi connectivity index (χ0v) is 22.1. The van der Waals surface area contributed by atoms with Crippen LogP contribution in [0.3, 0.4) is 0 Å². The summed E-state index contributed by atoms with van der Waals surface area (Å²) in [5.74, 6) is -0.677. The molecular formula is C26H32N4O6S. The van der Waals surface area contributed by atoms with Gasteiger partial charge >= 0.3 is 5.97 Å². The van der Waals surface area contributed by atoms with Gasteiger partial charge in [0.25, 0.3) is 11.8 Å². The van der Waals surface area contributed by atoms with E-state index in [1.165, 1.54) is 7.11 Å². The molecule has 0 aliphatic heterocycles. The Balaban J connectivity index is 1.50. The van der Waals surface area contributed by atoms with Gasteiger partial charge in [-0.3, -0.25) is 30.6 Å². The molecule has 10 nitrogen and oxygen atoms in total. The highest BCUT2D eigenvalue weighted by Crippen LogP contribution is 2.35. The van der Waals surface area contributed by atoms with Crippen molar-refractivity contribution >= 4 is 39.3 Å². The van der Waals surface area contributed by atoms with Gasteiger partial charge in [-0.15, -0.1) is 11.3 Å². The molecule has 0 saturated heterocycles. The summed E-state index contributed by atoms with van der Waals surface area (Å²) in [7, 11) is 1.51. The zero-order valence-electron chi connectivity index (χ0n) is 21.3. The first-order valence-corrected chi connectivity index (χ1v) is 12.8. The highest BCUT2D eigenvalue weighted by Gasteiger charge is 2.25. The van der Waals surface area contributed by atoms with Gasteiger partial charge < -0.3 is 14.2 Å². The maximum absolute atomic E-state index is 12.2. The van der Waals surface area contributed by atoms with Gasteiger partial charge in [-0.2, -0.15) is 0 Å². The molecule has 0 fully saturated rings. The lowest BCUT2D eigenvalue weighted by atomic mass is 9.99. The van der Waals surface area contributed by atoms with Crippen LogP contribution in [0.4, 0.5) is 0 Å². The van der Waals surface area contributed by atoms with Crippen molar-refractivity contribution in [3.8, 4) is 22.1 Å². The van der Waals surface area contributed by atoms with Crippen LogP contribution in [0.1, 0.15) is 27.2 Å². The Morgan fingerprint density at radius 3 is 2.49 bits per heavy atom.